The molecule has 0 fully saturated rings. The van der Waals surface area contributed by atoms with Crippen molar-refractivity contribution in [2.24, 2.45) is 4.99 Å². The predicted octanol–water partition coefficient (Wildman–Crippen LogP) is 1.11. The molecule has 1 aromatic rings. The summed E-state index contributed by atoms with van der Waals surface area (Å²) in [4.78, 5) is 3.56. The molecule has 0 atom stereocenters. The summed E-state index contributed by atoms with van der Waals surface area (Å²) in [6.45, 7) is 0.779. The smallest absolute Gasteiger partial charge is 0.209 e. The first-order valence-corrected chi connectivity index (χ1v) is 6.09. The number of alkyl halides is 1. The van der Waals surface area contributed by atoms with Gasteiger partial charge in [-0.3, -0.25) is 0 Å². The molecule has 0 aromatic heterocycles. The maximum absolute atomic E-state index is 12.1. The summed E-state index contributed by atoms with van der Waals surface area (Å²) in [5, 5.41) is 14.2. The Labute approximate surface area is 111 Å². The fourth-order valence-corrected chi connectivity index (χ4v) is 1.96. The Morgan fingerprint density at radius 2 is 2.37 bits per heavy atom. The molecule has 0 radical (unpaired) electrons. The topological polar surface area (TPSA) is 69.4 Å². The molecule has 1 aliphatic rings. The Morgan fingerprint density at radius 1 is 1.47 bits per heavy atom. The maximum Gasteiger partial charge on any atom is 0.209 e. The molecular weight excluding hydrogens is 247 g/mol. The van der Waals surface area contributed by atoms with Crippen LogP contribution in [0.4, 0.5) is 4.39 Å². The van der Waals surface area contributed by atoms with Gasteiger partial charge in [0.25, 0.3) is 0 Å². The molecule has 0 spiro atoms. The van der Waals surface area contributed by atoms with E-state index in [2.05, 4.69) is 15.6 Å². The summed E-state index contributed by atoms with van der Waals surface area (Å²) in [6.07, 6.45) is 2.59. The van der Waals surface area contributed by atoms with Crippen molar-refractivity contribution in [3.63, 3.8) is 0 Å². The number of hydrogen-bond acceptors (Lipinski definition) is 3. The van der Waals surface area contributed by atoms with Crippen LogP contribution in [-0.2, 0) is 13.0 Å². The van der Waals surface area contributed by atoms with Gasteiger partial charge in [-0.1, -0.05) is 18.2 Å². The van der Waals surface area contributed by atoms with Gasteiger partial charge in [0.15, 0.2) is 0 Å². The quantitative estimate of drug-likeness (QED) is 0.484. The molecule has 0 amide bonds. The summed E-state index contributed by atoms with van der Waals surface area (Å²) in [7, 11) is 0. The highest BCUT2D eigenvalue weighted by Crippen LogP contribution is 2.29. The number of nitrogens with one attached hydrogen (secondary N) is 2. The number of fused-ring (bicyclic) bond motifs is 1. The maximum atomic E-state index is 12.1. The molecule has 0 aliphatic carbocycles. The Balaban J connectivity index is 2.00. The zero-order valence-electron chi connectivity index (χ0n) is 10.4. The zero-order chi connectivity index (χ0) is 13.5. The number of nitrogens with zero attached hydrogens (tertiary/aromatic N) is 2. The minimum atomic E-state index is -0.518. The van der Waals surface area contributed by atoms with Gasteiger partial charge in [0.1, 0.15) is 12.4 Å². The Hall–Kier alpha value is -2.29. The molecule has 100 valence electrons. The summed E-state index contributed by atoms with van der Waals surface area (Å²) in [6, 6.07) is 5.97. The number of halogens is 1. The molecule has 1 aromatic carbocycles. The lowest BCUT2D eigenvalue weighted by atomic mass is 10.1. The molecule has 0 bridgehead atoms. The highest BCUT2D eigenvalue weighted by Gasteiger charge is 2.15. The third-order valence-electron chi connectivity index (χ3n) is 2.79. The minimum Gasteiger partial charge on any atom is -0.493 e. The lowest BCUT2D eigenvalue weighted by molar-refractivity contribution is 0.353. The molecule has 2 N–H and O–H groups in total. The number of guanidine groups is 1. The average Bonchev–Trinajstić information content (AvgIpc) is 2.90. The van der Waals surface area contributed by atoms with Crippen LogP contribution in [0.25, 0.3) is 0 Å². The van der Waals surface area contributed by atoms with E-state index in [0.717, 1.165) is 17.7 Å². The van der Waals surface area contributed by atoms with E-state index in [1.165, 1.54) is 5.56 Å². The fourth-order valence-electron chi connectivity index (χ4n) is 1.96. The van der Waals surface area contributed by atoms with Crippen LogP contribution in [0.2, 0.25) is 0 Å². The molecule has 0 unspecified atom stereocenters. The number of rotatable bonds is 4. The van der Waals surface area contributed by atoms with E-state index < -0.39 is 6.67 Å². The largest absolute Gasteiger partial charge is 0.493 e. The lowest BCUT2D eigenvalue weighted by Gasteiger charge is -2.12. The van der Waals surface area contributed by atoms with Crippen LogP contribution in [0, 0.1) is 11.5 Å². The van der Waals surface area contributed by atoms with Crippen LogP contribution in [0.3, 0.4) is 0 Å². The second-order valence-corrected chi connectivity index (χ2v) is 4.03. The monoisotopic (exact) mass is 262 g/mol. The SMILES string of the molecule is N#CN=C(NCCF)NCc1cccc2c1OCC2. The van der Waals surface area contributed by atoms with Crippen molar-refractivity contribution in [2.75, 3.05) is 19.8 Å². The zero-order valence-corrected chi connectivity index (χ0v) is 10.4. The second-order valence-electron chi connectivity index (χ2n) is 4.03. The number of para-hydroxylation sites is 1. The van der Waals surface area contributed by atoms with Gasteiger partial charge in [-0.05, 0) is 5.56 Å². The number of benzene rings is 1. The van der Waals surface area contributed by atoms with Crippen LogP contribution in [-0.4, -0.2) is 25.8 Å². The van der Waals surface area contributed by atoms with Gasteiger partial charge < -0.3 is 15.4 Å². The van der Waals surface area contributed by atoms with E-state index in [9.17, 15) is 4.39 Å². The summed E-state index contributed by atoms with van der Waals surface area (Å²) < 4.78 is 17.7. The van der Waals surface area contributed by atoms with Crippen LogP contribution in [0.5, 0.6) is 5.75 Å². The first-order valence-electron chi connectivity index (χ1n) is 6.09. The molecule has 5 nitrogen and oxygen atoms in total. The van der Waals surface area contributed by atoms with Crippen molar-refractivity contribution in [1.82, 2.24) is 10.6 Å². The Kier molecular flexibility index (Phi) is 4.56. The number of nitriles is 1. The molecule has 19 heavy (non-hydrogen) atoms. The van der Waals surface area contributed by atoms with Crippen LogP contribution >= 0.6 is 0 Å². The van der Waals surface area contributed by atoms with Gasteiger partial charge in [-0.15, -0.1) is 4.99 Å². The highest BCUT2D eigenvalue weighted by atomic mass is 19.1. The van der Waals surface area contributed by atoms with Gasteiger partial charge in [0.2, 0.25) is 12.2 Å². The molecule has 1 heterocycles. The van der Waals surface area contributed by atoms with E-state index in [1.54, 1.807) is 6.19 Å². The van der Waals surface area contributed by atoms with Gasteiger partial charge in [-0.2, -0.15) is 5.26 Å². The van der Waals surface area contributed by atoms with E-state index >= 15 is 0 Å². The van der Waals surface area contributed by atoms with Gasteiger partial charge in [-0.25, -0.2) is 4.39 Å². The number of aliphatic imine (C=N–C) groups is 1. The molecular formula is C13H15FN4O. The number of hydrogen-bond donors (Lipinski definition) is 2. The first-order chi connectivity index (χ1) is 9.35. The van der Waals surface area contributed by atoms with E-state index in [4.69, 9.17) is 10.00 Å². The minimum absolute atomic E-state index is 0.122. The Morgan fingerprint density at radius 3 is 3.16 bits per heavy atom. The fraction of sp³-hybridized carbons (Fsp3) is 0.385. The van der Waals surface area contributed by atoms with E-state index in [0.29, 0.717) is 13.2 Å². The van der Waals surface area contributed by atoms with E-state index in [-0.39, 0.29) is 12.5 Å². The third-order valence-corrected chi connectivity index (χ3v) is 2.79. The van der Waals surface area contributed by atoms with Gasteiger partial charge in [0.05, 0.1) is 6.61 Å². The molecule has 2 rings (SSSR count). The second kappa shape index (κ2) is 6.59. The van der Waals surface area contributed by atoms with Crippen molar-refractivity contribution in [3.8, 4) is 11.9 Å². The van der Waals surface area contributed by atoms with Crippen molar-refractivity contribution < 1.29 is 9.13 Å². The summed E-state index contributed by atoms with van der Waals surface area (Å²) in [5.74, 6) is 1.17. The van der Waals surface area contributed by atoms with Crippen LogP contribution in [0.1, 0.15) is 11.1 Å². The van der Waals surface area contributed by atoms with Crippen LogP contribution in [0.15, 0.2) is 23.2 Å². The van der Waals surface area contributed by atoms with E-state index in [1.807, 2.05) is 18.2 Å². The third kappa shape index (κ3) is 3.35. The lowest BCUT2D eigenvalue weighted by Crippen LogP contribution is -2.37. The molecule has 1 aliphatic heterocycles. The molecule has 0 saturated heterocycles. The standard InChI is InChI=1S/C13H15FN4O/c14-5-6-16-13(18-9-15)17-8-11-3-1-2-10-4-7-19-12(10)11/h1-3H,4-8H2,(H2,16,17,18). The first kappa shape index (κ1) is 13.1. The van der Waals surface area contributed by atoms with Crippen molar-refractivity contribution in [3.05, 3.63) is 29.3 Å². The van der Waals surface area contributed by atoms with Gasteiger partial charge >= 0.3 is 0 Å². The average molecular weight is 262 g/mol. The van der Waals surface area contributed by atoms with Crippen molar-refractivity contribution in [1.29, 1.82) is 5.26 Å². The predicted molar refractivity (Wildman–Crippen MR) is 69.5 cm³/mol. The summed E-state index contributed by atoms with van der Waals surface area (Å²) >= 11 is 0. The van der Waals surface area contributed by atoms with Crippen LogP contribution < -0.4 is 15.4 Å². The van der Waals surface area contributed by atoms with Crippen molar-refractivity contribution in [2.45, 2.75) is 13.0 Å². The van der Waals surface area contributed by atoms with Crippen molar-refractivity contribution >= 4 is 5.96 Å². The molecule has 6 heteroatoms. The Bertz CT molecular complexity index is 510. The molecule has 0 saturated carbocycles. The number of ether oxygens (including phenoxy) is 1. The summed E-state index contributed by atoms with van der Waals surface area (Å²) in [5.41, 5.74) is 2.19. The van der Waals surface area contributed by atoms with Gasteiger partial charge in [0, 0.05) is 25.1 Å². The normalized spacial score (nSPS) is 13.4. The highest BCUT2D eigenvalue weighted by molar-refractivity contribution is 5.80.